The summed E-state index contributed by atoms with van der Waals surface area (Å²) < 4.78 is 7.13. The van der Waals surface area contributed by atoms with Crippen LogP contribution in [0.15, 0.2) is 30.3 Å². The number of amides is 1. The number of ether oxygens (including phenoxy) is 1. The Morgan fingerprint density at radius 1 is 1.21 bits per heavy atom. The molecule has 2 aliphatic rings. The fourth-order valence-electron chi connectivity index (χ4n) is 3.80. The molecule has 0 atom stereocenters. The first kappa shape index (κ1) is 17.9. The number of aromatic nitrogens is 2. The molecule has 1 amide bonds. The lowest BCUT2D eigenvalue weighted by atomic mass is 9.94. The van der Waals surface area contributed by atoms with Crippen molar-refractivity contribution in [2.24, 2.45) is 0 Å². The number of hydrogen-bond donors (Lipinski definition) is 3. The first-order valence-corrected chi connectivity index (χ1v) is 10.1. The molecule has 150 valence electrons. The highest BCUT2D eigenvalue weighted by molar-refractivity contribution is 7.17. The number of nitrogens with zero attached hydrogens (tertiary/aromatic N) is 3. The van der Waals surface area contributed by atoms with Gasteiger partial charge in [0.05, 0.1) is 23.6 Å². The predicted molar refractivity (Wildman–Crippen MR) is 109 cm³/mol. The van der Waals surface area contributed by atoms with Crippen LogP contribution in [0.5, 0.6) is 17.5 Å². The van der Waals surface area contributed by atoms with Gasteiger partial charge in [-0.15, -0.1) is 0 Å². The summed E-state index contributed by atoms with van der Waals surface area (Å²) >= 11 is 1.37. The molecule has 1 aromatic carbocycles. The molecule has 0 radical (unpaired) electrons. The maximum atomic E-state index is 12.5. The zero-order valence-electron chi connectivity index (χ0n) is 16.0. The van der Waals surface area contributed by atoms with E-state index in [0.29, 0.717) is 35.9 Å². The maximum absolute atomic E-state index is 12.5. The SMILES string of the molecule is CC1(C)Cc2nc(N3CCOc4ccc(-n5c(O)ccc5O)cc43)sc2C(=O)N1. The molecule has 5 rings (SSSR count). The minimum atomic E-state index is -0.324. The molecule has 9 heteroatoms. The van der Waals surface area contributed by atoms with Crippen molar-refractivity contribution in [2.75, 3.05) is 18.1 Å². The molecule has 4 heterocycles. The van der Waals surface area contributed by atoms with Gasteiger partial charge in [-0.25, -0.2) is 4.98 Å². The number of carbonyl (C=O) groups is 1. The van der Waals surface area contributed by atoms with E-state index in [1.165, 1.54) is 28.0 Å². The quantitative estimate of drug-likeness (QED) is 0.599. The summed E-state index contributed by atoms with van der Waals surface area (Å²) in [4.78, 5) is 19.9. The molecule has 29 heavy (non-hydrogen) atoms. The highest BCUT2D eigenvalue weighted by Crippen LogP contribution is 2.42. The van der Waals surface area contributed by atoms with Crippen LogP contribution in [0.2, 0.25) is 0 Å². The summed E-state index contributed by atoms with van der Waals surface area (Å²) in [5.41, 5.74) is 1.85. The van der Waals surface area contributed by atoms with Crippen molar-refractivity contribution in [1.82, 2.24) is 14.9 Å². The van der Waals surface area contributed by atoms with Crippen molar-refractivity contribution in [3.8, 4) is 23.2 Å². The van der Waals surface area contributed by atoms with Gasteiger partial charge in [-0.3, -0.25) is 9.36 Å². The van der Waals surface area contributed by atoms with Gasteiger partial charge < -0.3 is 25.2 Å². The van der Waals surface area contributed by atoms with E-state index < -0.39 is 0 Å². The van der Waals surface area contributed by atoms with Gasteiger partial charge in [-0.05, 0) is 32.0 Å². The van der Waals surface area contributed by atoms with Gasteiger partial charge in [0.2, 0.25) is 0 Å². The number of fused-ring (bicyclic) bond motifs is 2. The lowest BCUT2D eigenvalue weighted by Crippen LogP contribution is -2.48. The number of nitrogens with one attached hydrogen (secondary N) is 1. The molecular formula is C20H20N4O4S. The average Bonchev–Trinajstić information content (AvgIpc) is 3.23. The summed E-state index contributed by atoms with van der Waals surface area (Å²) in [5, 5.41) is 23.9. The second-order valence-corrected chi connectivity index (χ2v) is 8.80. The molecule has 2 aromatic heterocycles. The zero-order valence-corrected chi connectivity index (χ0v) is 16.8. The topological polar surface area (TPSA) is 99.8 Å². The van der Waals surface area contributed by atoms with E-state index in [1.807, 2.05) is 24.8 Å². The summed E-state index contributed by atoms with van der Waals surface area (Å²) in [6.45, 7) is 5.05. The monoisotopic (exact) mass is 412 g/mol. The Balaban J connectivity index is 1.58. The van der Waals surface area contributed by atoms with E-state index in [9.17, 15) is 15.0 Å². The zero-order chi connectivity index (χ0) is 20.3. The highest BCUT2D eigenvalue weighted by Gasteiger charge is 2.34. The minimum Gasteiger partial charge on any atom is -0.494 e. The molecule has 3 N–H and O–H groups in total. The molecule has 8 nitrogen and oxygen atoms in total. The molecule has 0 spiro atoms. The molecule has 0 bridgehead atoms. The Kier molecular flexibility index (Phi) is 3.79. The number of benzene rings is 1. The highest BCUT2D eigenvalue weighted by atomic mass is 32.1. The largest absolute Gasteiger partial charge is 0.494 e. The number of thiazole rings is 1. The smallest absolute Gasteiger partial charge is 0.263 e. The molecule has 2 aliphatic heterocycles. The molecule has 0 saturated heterocycles. The second kappa shape index (κ2) is 6.15. The first-order chi connectivity index (χ1) is 13.8. The van der Waals surface area contributed by atoms with E-state index in [-0.39, 0.29) is 23.2 Å². The van der Waals surface area contributed by atoms with Gasteiger partial charge in [0, 0.05) is 24.1 Å². The molecule has 0 fully saturated rings. The van der Waals surface area contributed by atoms with Gasteiger partial charge in [-0.2, -0.15) is 0 Å². The number of rotatable bonds is 2. The van der Waals surface area contributed by atoms with Crippen LogP contribution in [-0.4, -0.2) is 44.4 Å². The van der Waals surface area contributed by atoms with E-state index in [4.69, 9.17) is 9.72 Å². The Hall–Kier alpha value is -3.20. The third-order valence-corrected chi connectivity index (χ3v) is 6.21. The first-order valence-electron chi connectivity index (χ1n) is 9.29. The van der Waals surface area contributed by atoms with E-state index >= 15 is 0 Å². The Labute approximate surface area is 171 Å². The Morgan fingerprint density at radius 3 is 2.72 bits per heavy atom. The van der Waals surface area contributed by atoms with Gasteiger partial charge in [0.1, 0.15) is 17.2 Å². The van der Waals surface area contributed by atoms with Crippen LogP contribution in [0.3, 0.4) is 0 Å². The van der Waals surface area contributed by atoms with E-state index in [0.717, 1.165) is 16.5 Å². The maximum Gasteiger partial charge on any atom is 0.263 e. The summed E-state index contributed by atoms with van der Waals surface area (Å²) in [6.07, 6.45) is 0.674. The lowest BCUT2D eigenvalue weighted by Gasteiger charge is -2.30. The van der Waals surface area contributed by atoms with Gasteiger partial charge in [0.25, 0.3) is 5.91 Å². The summed E-state index contributed by atoms with van der Waals surface area (Å²) in [7, 11) is 0. The van der Waals surface area contributed by atoms with Crippen LogP contribution in [0.4, 0.5) is 10.8 Å². The number of hydrogen-bond acceptors (Lipinski definition) is 7. The fraction of sp³-hybridized carbons (Fsp3) is 0.300. The molecule has 0 aliphatic carbocycles. The second-order valence-electron chi connectivity index (χ2n) is 7.82. The van der Waals surface area contributed by atoms with Crippen LogP contribution < -0.4 is 15.0 Å². The molecule has 3 aromatic rings. The van der Waals surface area contributed by atoms with Crippen LogP contribution >= 0.6 is 11.3 Å². The average molecular weight is 412 g/mol. The molecule has 0 unspecified atom stereocenters. The van der Waals surface area contributed by atoms with E-state index in [2.05, 4.69) is 5.32 Å². The van der Waals surface area contributed by atoms with Crippen LogP contribution in [0.25, 0.3) is 5.69 Å². The third kappa shape index (κ3) is 2.89. The predicted octanol–water partition coefficient (Wildman–Crippen LogP) is 2.94. The number of aromatic hydroxyl groups is 2. The number of anilines is 2. The summed E-state index contributed by atoms with van der Waals surface area (Å²) in [5.74, 6) is 0.470. The van der Waals surface area contributed by atoms with Gasteiger partial charge >= 0.3 is 0 Å². The number of carbonyl (C=O) groups excluding carboxylic acids is 1. The summed E-state index contributed by atoms with van der Waals surface area (Å²) in [6, 6.07) is 8.26. The van der Waals surface area contributed by atoms with Crippen molar-refractivity contribution in [1.29, 1.82) is 0 Å². The lowest BCUT2D eigenvalue weighted by molar-refractivity contribution is 0.0901. The Bertz CT molecular complexity index is 1110. The van der Waals surface area contributed by atoms with Crippen molar-refractivity contribution >= 4 is 28.1 Å². The Morgan fingerprint density at radius 2 is 1.97 bits per heavy atom. The van der Waals surface area contributed by atoms with E-state index in [1.54, 1.807) is 12.1 Å². The van der Waals surface area contributed by atoms with Crippen molar-refractivity contribution < 1.29 is 19.7 Å². The van der Waals surface area contributed by atoms with Crippen molar-refractivity contribution in [2.45, 2.75) is 25.8 Å². The van der Waals surface area contributed by atoms with Gasteiger partial charge in [-0.1, -0.05) is 11.3 Å². The minimum absolute atomic E-state index is 0.0608. The standard InChI is InChI=1S/C20H20N4O4S/c1-20(2)10-12-17(18(27)22-20)29-19(21-12)23-7-8-28-14-4-3-11(9-13(14)23)24-15(25)5-6-16(24)26/h3-6,9,25-26H,7-8,10H2,1-2H3,(H,22,27). The van der Waals surface area contributed by atoms with Crippen molar-refractivity contribution in [3.05, 3.63) is 40.9 Å². The third-order valence-electron chi connectivity index (χ3n) is 5.09. The van der Waals surface area contributed by atoms with Crippen molar-refractivity contribution in [3.63, 3.8) is 0 Å². The van der Waals surface area contributed by atoms with Crippen LogP contribution in [-0.2, 0) is 6.42 Å². The van der Waals surface area contributed by atoms with Crippen LogP contribution in [0.1, 0.15) is 29.2 Å². The van der Waals surface area contributed by atoms with Crippen LogP contribution in [0, 0.1) is 0 Å². The normalized spacial score (nSPS) is 17.3. The fourth-order valence-corrected chi connectivity index (χ4v) is 4.82. The van der Waals surface area contributed by atoms with Gasteiger partial charge in [0.15, 0.2) is 16.9 Å². The molecular weight excluding hydrogens is 392 g/mol. The molecule has 0 saturated carbocycles.